The average Bonchev–Trinajstić information content (AvgIpc) is 2.48. The molecule has 1 saturated heterocycles. The summed E-state index contributed by atoms with van der Waals surface area (Å²) in [5.74, 6) is 0.735. The molecule has 96 valence electrons. The summed E-state index contributed by atoms with van der Waals surface area (Å²) < 4.78 is 5.90. The van der Waals surface area contributed by atoms with Gasteiger partial charge in [-0.15, -0.1) is 0 Å². The molecule has 0 aromatic rings. The van der Waals surface area contributed by atoms with Crippen LogP contribution in [0.2, 0.25) is 0 Å². The van der Waals surface area contributed by atoms with Crippen LogP contribution in [0.4, 0.5) is 0 Å². The lowest BCUT2D eigenvalue weighted by Crippen LogP contribution is -2.34. The zero-order chi connectivity index (χ0) is 12.2. The van der Waals surface area contributed by atoms with E-state index in [1.165, 1.54) is 19.3 Å². The van der Waals surface area contributed by atoms with Crippen molar-refractivity contribution >= 4 is 0 Å². The average molecular weight is 227 g/mol. The molecule has 1 aliphatic rings. The first-order chi connectivity index (χ1) is 7.39. The topological polar surface area (TPSA) is 21.3 Å². The number of hydrogen-bond donors (Lipinski definition) is 1. The van der Waals surface area contributed by atoms with Crippen molar-refractivity contribution in [3.05, 3.63) is 0 Å². The lowest BCUT2D eigenvalue weighted by molar-refractivity contribution is 0.0285. The highest BCUT2D eigenvalue weighted by Gasteiger charge is 2.28. The molecule has 0 aromatic heterocycles. The van der Waals surface area contributed by atoms with E-state index in [9.17, 15) is 0 Å². The maximum absolute atomic E-state index is 5.90. The van der Waals surface area contributed by atoms with E-state index in [4.69, 9.17) is 4.74 Å². The van der Waals surface area contributed by atoms with Gasteiger partial charge < -0.3 is 10.1 Å². The molecule has 0 aliphatic carbocycles. The van der Waals surface area contributed by atoms with Crippen molar-refractivity contribution in [1.29, 1.82) is 0 Å². The molecule has 0 aromatic carbocycles. The maximum atomic E-state index is 5.90. The lowest BCUT2D eigenvalue weighted by atomic mass is 9.85. The van der Waals surface area contributed by atoms with Crippen LogP contribution >= 0.6 is 0 Å². The van der Waals surface area contributed by atoms with Crippen LogP contribution in [0.1, 0.15) is 53.9 Å². The predicted octanol–water partition coefficient (Wildman–Crippen LogP) is 3.22. The molecule has 1 aliphatic heterocycles. The number of nitrogens with one attached hydrogen (secondary N) is 1. The second kappa shape index (κ2) is 6.02. The fourth-order valence-corrected chi connectivity index (χ4v) is 2.42. The van der Waals surface area contributed by atoms with Gasteiger partial charge in [-0.1, -0.05) is 27.7 Å². The van der Waals surface area contributed by atoms with Crippen LogP contribution in [0, 0.1) is 11.3 Å². The minimum Gasteiger partial charge on any atom is -0.375 e. The van der Waals surface area contributed by atoms with E-state index in [1.807, 2.05) is 0 Å². The molecule has 1 heterocycles. The summed E-state index contributed by atoms with van der Waals surface area (Å²) in [5.41, 5.74) is 0.351. The number of hydrogen-bond acceptors (Lipinski definition) is 2. The third-order valence-corrected chi connectivity index (χ3v) is 3.26. The normalized spacial score (nSPS) is 26.6. The Morgan fingerprint density at radius 2 is 2.00 bits per heavy atom. The van der Waals surface area contributed by atoms with Crippen molar-refractivity contribution in [2.45, 2.75) is 66.1 Å². The zero-order valence-corrected chi connectivity index (χ0v) is 11.7. The molecule has 2 atom stereocenters. The summed E-state index contributed by atoms with van der Waals surface area (Å²) in [4.78, 5) is 0. The summed E-state index contributed by atoms with van der Waals surface area (Å²) >= 11 is 0. The molecule has 16 heavy (non-hydrogen) atoms. The largest absolute Gasteiger partial charge is 0.375 e. The Morgan fingerprint density at radius 1 is 1.31 bits per heavy atom. The second-order valence-electron chi connectivity index (χ2n) is 6.54. The van der Waals surface area contributed by atoms with E-state index in [1.54, 1.807) is 0 Å². The number of rotatable bonds is 6. The summed E-state index contributed by atoms with van der Waals surface area (Å²) in [6.45, 7) is 13.6. The van der Waals surface area contributed by atoms with Crippen LogP contribution in [0.25, 0.3) is 0 Å². The molecule has 0 spiro atoms. The SMILES string of the molecule is CC(C)CNCC(C)(C)CC1CCC(C)O1. The molecule has 0 amide bonds. The van der Waals surface area contributed by atoms with Gasteiger partial charge in [-0.3, -0.25) is 0 Å². The van der Waals surface area contributed by atoms with Crippen molar-refractivity contribution < 1.29 is 4.74 Å². The Balaban J connectivity index is 2.22. The molecular formula is C14H29NO. The van der Waals surface area contributed by atoms with Gasteiger partial charge >= 0.3 is 0 Å². The van der Waals surface area contributed by atoms with Gasteiger partial charge in [-0.05, 0) is 44.1 Å². The molecule has 1 rings (SSSR count). The van der Waals surface area contributed by atoms with E-state index < -0.39 is 0 Å². The van der Waals surface area contributed by atoms with Crippen molar-refractivity contribution in [3.63, 3.8) is 0 Å². The minimum absolute atomic E-state index is 0.351. The van der Waals surface area contributed by atoms with Crippen LogP contribution in [-0.2, 0) is 4.74 Å². The minimum atomic E-state index is 0.351. The molecule has 0 saturated carbocycles. The Morgan fingerprint density at radius 3 is 2.50 bits per heavy atom. The summed E-state index contributed by atoms with van der Waals surface area (Å²) in [6, 6.07) is 0. The molecule has 2 unspecified atom stereocenters. The molecule has 1 N–H and O–H groups in total. The highest BCUT2D eigenvalue weighted by atomic mass is 16.5. The molecule has 0 bridgehead atoms. The van der Waals surface area contributed by atoms with E-state index in [0.29, 0.717) is 17.6 Å². The zero-order valence-electron chi connectivity index (χ0n) is 11.7. The van der Waals surface area contributed by atoms with Crippen molar-refractivity contribution in [3.8, 4) is 0 Å². The van der Waals surface area contributed by atoms with Gasteiger partial charge in [0, 0.05) is 6.54 Å². The van der Waals surface area contributed by atoms with Crippen LogP contribution in [0.15, 0.2) is 0 Å². The van der Waals surface area contributed by atoms with Crippen LogP contribution in [0.3, 0.4) is 0 Å². The molecule has 2 nitrogen and oxygen atoms in total. The van der Waals surface area contributed by atoms with Crippen molar-refractivity contribution in [2.24, 2.45) is 11.3 Å². The maximum Gasteiger partial charge on any atom is 0.0585 e. The van der Waals surface area contributed by atoms with Gasteiger partial charge in [-0.2, -0.15) is 0 Å². The predicted molar refractivity (Wildman–Crippen MR) is 69.7 cm³/mol. The summed E-state index contributed by atoms with van der Waals surface area (Å²) in [7, 11) is 0. The lowest BCUT2D eigenvalue weighted by Gasteiger charge is -2.28. The molecular weight excluding hydrogens is 198 g/mol. The Hall–Kier alpha value is -0.0800. The van der Waals surface area contributed by atoms with Crippen LogP contribution in [-0.4, -0.2) is 25.3 Å². The molecule has 1 fully saturated rings. The summed E-state index contributed by atoms with van der Waals surface area (Å²) in [6.07, 6.45) is 4.63. The number of ether oxygens (including phenoxy) is 1. The fraction of sp³-hybridized carbons (Fsp3) is 1.00. The van der Waals surface area contributed by atoms with Crippen molar-refractivity contribution in [2.75, 3.05) is 13.1 Å². The Labute approximate surface area is 101 Å². The highest BCUT2D eigenvalue weighted by Crippen LogP contribution is 2.30. The highest BCUT2D eigenvalue weighted by molar-refractivity contribution is 4.80. The smallest absolute Gasteiger partial charge is 0.0585 e. The quantitative estimate of drug-likeness (QED) is 0.752. The Bertz CT molecular complexity index is 201. The van der Waals surface area contributed by atoms with Gasteiger partial charge in [0.15, 0.2) is 0 Å². The van der Waals surface area contributed by atoms with Crippen LogP contribution < -0.4 is 5.32 Å². The van der Waals surface area contributed by atoms with E-state index >= 15 is 0 Å². The van der Waals surface area contributed by atoms with Crippen LogP contribution in [0.5, 0.6) is 0 Å². The second-order valence-corrected chi connectivity index (χ2v) is 6.54. The van der Waals surface area contributed by atoms with Gasteiger partial charge in [0.25, 0.3) is 0 Å². The first-order valence-corrected chi connectivity index (χ1v) is 6.75. The third kappa shape index (κ3) is 5.31. The molecule has 2 heteroatoms. The van der Waals surface area contributed by atoms with Crippen molar-refractivity contribution in [1.82, 2.24) is 5.32 Å². The standard InChI is InChI=1S/C14H29NO/c1-11(2)9-15-10-14(4,5)8-13-7-6-12(3)16-13/h11-13,15H,6-10H2,1-5H3. The first kappa shape index (κ1) is 14.0. The van der Waals surface area contributed by atoms with Gasteiger partial charge in [0.1, 0.15) is 0 Å². The molecule has 0 radical (unpaired) electrons. The van der Waals surface area contributed by atoms with E-state index in [2.05, 4.69) is 39.9 Å². The van der Waals surface area contributed by atoms with Gasteiger partial charge in [0.2, 0.25) is 0 Å². The van der Waals surface area contributed by atoms with E-state index in [0.717, 1.165) is 19.0 Å². The first-order valence-electron chi connectivity index (χ1n) is 6.75. The fourth-order valence-electron chi connectivity index (χ4n) is 2.42. The third-order valence-electron chi connectivity index (χ3n) is 3.26. The van der Waals surface area contributed by atoms with Gasteiger partial charge in [-0.25, -0.2) is 0 Å². The monoisotopic (exact) mass is 227 g/mol. The van der Waals surface area contributed by atoms with E-state index in [-0.39, 0.29) is 0 Å². The Kier molecular flexibility index (Phi) is 5.26. The summed E-state index contributed by atoms with van der Waals surface area (Å²) in [5, 5.41) is 3.55. The van der Waals surface area contributed by atoms with Gasteiger partial charge in [0.05, 0.1) is 12.2 Å².